The number of pyridine rings is 1. The number of hydrogen-bond acceptors (Lipinski definition) is 5. The van der Waals surface area contributed by atoms with Gasteiger partial charge in [0, 0.05) is 16.5 Å². The van der Waals surface area contributed by atoms with Gasteiger partial charge in [0.05, 0.1) is 10.4 Å². The first-order valence-corrected chi connectivity index (χ1v) is 9.01. The third kappa shape index (κ3) is 3.14. The molecule has 2 heterocycles. The summed E-state index contributed by atoms with van der Waals surface area (Å²) < 4.78 is 0.960. The molecular weight excluding hydrogens is 346 g/mol. The van der Waals surface area contributed by atoms with E-state index in [0.717, 1.165) is 26.6 Å². The van der Waals surface area contributed by atoms with Gasteiger partial charge in [-0.15, -0.1) is 11.3 Å². The number of para-hydroxylation sites is 1. The molecule has 0 unspecified atom stereocenters. The van der Waals surface area contributed by atoms with Gasteiger partial charge in [-0.05, 0) is 41.3 Å². The van der Waals surface area contributed by atoms with Crippen LogP contribution >= 0.6 is 11.3 Å². The number of thiophene rings is 1. The standard InChI is InChI=1S/C21H15NO3S/c23-12-19(25)21-11-15-9-13(5-8-20(15)26-21)10-18(24)17-7-6-14-3-1-2-4-16(14)22-17/h1-9,11,23H,10,12H2. The average molecular weight is 361 g/mol. The van der Waals surface area contributed by atoms with E-state index in [1.165, 1.54) is 11.3 Å². The van der Waals surface area contributed by atoms with E-state index in [-0.39, 0.29) is 18.0 Å². The van der Waals surface area contributed by atoms with Crippen LogP contribution in [0.5, 0.6) is 0 Å². The molecule has 4 nitrogen and oxygen atoms in total. The predicted octanol–water partition coefficient (Wildman–Crippen LogP) is 4.05. The van der Waals surface area contributed by atoms with Crippen molar-refractivity contribution in [2.45, 2.75) is 6.42 Å². The summed E-state index contributed by atoms with van der Waals surface area (Å²) in [5.41, 5.74) is 2.13. The Morgan fingerprint density at radius 2 is 1.77 bits per heavy atom. The van der Waals surface area contributed by atoms with Crippen LogP contribution in [0.3, 0.4) is 0 Å². The molecule has 26 heavy (non-hydrogen) atoms. The number of benzene rings is 2. The van der Waals surface area contributed by atoms with Crippen LogP contribution in [-0.4, -0.2) is 28.3 Å². The molecule has 0 amide bonds. The van der Waals surface area contributed by atoms with Crippen molar-refractivity contribution in [3.63, 3.8) is 0 Å². The van der Waals surface area contributed by atoms with Crippen molar-refractivity contribution in [1.82, 2.24) is 4.98 Å². The van der Waals surface area contributed by atoms with Crippen LogP contribution in [0.2, 0.25) is 0 Å². The second-order valence-electron chi connectivity index (χ2n) is 6.05. The quantitative estimate of drug-likeness (QED) is 0.545. The lowest BCUT2D eigenvalue weighted by Crippen LogP contribution is -2.06. The lowest BCUT2D eigenvalue weighted by Gasteiger charge is -2.03. The highest BCUT2D eigenvalue weighted by atomic mass is 32.1. The van der Waals surface area contributed by atoms with Gasteiger partial charge in [-0.2, -0.15) is 0 Å². The highest BCUT2D eigenvalue weighted by molar-refractivity contribution is 7.20. The maximum atomic E-state index is 12.6. The highest BCUT2D eigenvalue weighted by Crippen LogP contribution is 2.27. The molecule has 0 aliphatic rings. The molecule has 2 aromatic carbocycles. The molecule has 0 aliphatic carbocycles. The third-order valence-corrected chi connectivity index (χ3v) is 5.41. The summed E-state index contributed by atoms with van der Waals surface area (Å²) in [7, 11) is 0. The second kappa shape index (κ2) is 6.78. The van der Waals surface area contributed by atoms with Gasteiger partial charge >= 0.3 is 0 Å². The van der Waals surface area contributed by atoms with Crippen LogP contribution in [0.25, 0.3) is 21.0 Å². The van der Waals surface area contributed by atoms with Gasteiger partial charge in [-0.25, -0.2) is 4.98 Å². The Morgan fingerprint density at radius 1 is 0.923 bits per heavy atom. The van der Waals surface area contributed by atoms with Crippen molar-refractivity contribution in [1.29, 1.82) is 0 Å². The number of carbonyl (C=O) groups excluding carboxylic acids is 2. The molecule has 0 spiro atoms. The van der Waals surface area contributed by atoms with Gasteiger partial charge in [-0.3, -0.25) is 9.59 Å². The summed E-state index contributed by atoms with van der Waals surface area (Å²) in [6.45, 7) is -0.494. The molecule has 4 aromatic rings. The van der Waals surface area contributed by atoms with E-state index in [0.29, 0.717) is 10.6 Å². The van der Waals surface area contributed by atoms with Crippen LogP contribution in [0, 0.1) is 0 Å². The number of Topliss-reactive ketones (excluding diaryl/α,β-unsaturated/α-hetero) is 2. The summed E-state index contributed by atoms with van der Waals surface area (Å²) in [6.07, 6.45) is 0.250. The number of nitrogens with zero attached hydrogens (tertiary/aromatic N) is 1. The first kappa shape index (κ1) is 16.6. The Balaban J connectivity index is 1.60. The molecule has 0 atom stereocenters. The Kier molecular flexibility index (Phi) is 4.32. The van der Waals surface area contributed by atoms with Crippen LogP contribution in [0.1, 0.15) is 25.7 Å². The number of aliphatic hydroxyl groups excluding tert-OH is 1. The zero-order valence-corrected chi connectivity index (χ0v) is 14.6. The van der Waals surface area contributed by atoms with Gasteiger partial charge in [0.1, 0.15) is 12.3 Å². The molecule has 0 aliphatic heterocycles. The minimum absolute atomic E-state index is 0.0445. The summed E-state index contributed by atoms with van der Waals surface area (Å²) in [6, 6.07) is 18.8. The zero-order valence-electron chi connectivity index (χ0n) is 13.8. The normalized spacial score (nSPS) is 11.1. The van der Waals surface area contributed by atoms with Crippen molar-refractivity contribution in [3.8, 4) is 0 Å². The first-order valence-electron chi connectivity index (χ1n) is 8.19. The van der Waals surface area contributed by atoms with Crippen LogP contribution in [-0.2, 0) is 6.42 Å². The summed E-state index contributed by atoms with van der Waals surface area (Å²) >= 11 is 1.35. The lowest BCUT2D eigenvalue weighted by atomic mass is 10.0. The summed E-state index contributed by atoms with van der Waals surface area (Å²) in [5.74, 6) is -0.332. The number of aliphatic hydroxyl groups is 1. The van der Waals surface area contributed by atoms with Crippen LogP contribution in [0.15, 0.2) is 60.7 Å². The van der Waals surface area contributed by atoms with Gasteiger partial charge in [0.25, 0.3) is 0 Å². The molecule has 0 radical (unpaired) electrons. The Hall–Kier alpha value is -2.89. The maximum Gasteiger partial charge on any atom is 0.198 e. The van der Waals surface area contributed by atoms with E-state index in [1.807, 2.05) is 48.5 Å². The van der Waals surface area contributed by atoms with E-state index in [1.54, 1.807) is 12.1 Å². The van der Waals surface area contributed by atoms with Crippen molar-refractivity contribution in [3.05, 3.63) is 76.8 Å². The largest absolute Gasteiger partial charge is 0.388 e. The molecule has 0 bridgehead atoms. The zero-order chi connectivity index (χ0) is 18.1. The lowest BCUT2D eigenvalue weighted by molar-refractivity contribution is 0.0907. The monoisotopic (exact) mass is 361 g/mol. The molecule has 1 N–H and O–H groups in total. The number of rotatable bonds is 5. The van der Waals surface area contributed by atoms with Crippen molar-refractivity contribution >= 4 is 43.9 Å². The number of carbonyl (C=O) groups is 2. The van der Waals surface area contributed by atoms with E-state index >= 15 is 0 Å². The fourth-order valence-electron chi connectivity index (χ4n) is 2.92. The van der Waals surface area contributed by atoms with Gasteiger partial charge in [0.15, 0.2) is 11.6 Å². The average Bonchev–Trinajstić information content (AvgIpc) is 3.10. The molecule has 0 saturated carbocycles. The molecule has 128 valence electrons. The third-order valence-electron chi connectivity index (χ3n) is 4.25. The van der Waals surface area contributed by atoms with Crippen LogP contribution < -0.4 is 0 Å². The number of fused-ring (bicyclic) bond motifs is 2. The van der Waals surface area contributed by atoms with Crippen molar-refractivity contribution in [2.75, 3.05) is 6.61 Å². The number of hydrogen-bond donors (Lipinski definition) is 1. The van der Waals surface area contributed by atoms with Crippen LogP contribution in [0.4, 0.5) is 0 Å². The Bertz CT molecular complexity index is 1150. The summed E-state index contributed by atoms with van der Waals surface area (Å²) in [4.78, 5) is 29.2. The first-order chi connectivity index (χ1) is 12.6. The van der Waals surface area contributed by atoms with Crippen molar-refractivity contribution in [2.24, 2.45) is 0 Å². The Morgan fingerprint density at radius 3 is 2.62 bits per heavy atom. The smallest absolute Gasteiger partial charge is 0.198 e. The minimum atomic E-state index is -0.494. The van der Waals surface area contributed by atoms with Crippen molar-refractivity contribution < 1.29 is 14.7 Å². The van der Waals surface area contributed by atoms with E-state index in [9.17, 15) is 9.59 Å². The molecular formula is C21H15NO3S. The van der Waals surface area contributed by atoms with E-state index in [2.05, 4.69) is 4.98 Å². The minimum Gasteiger partial charge on any atom is -0.388 e. The molecule has 4 rings (SSSR count). The van der Waals surface area contributed by atoms with Gasteiger partial charge < -0.3 is 5.11 Å². The number of ketones is 2. The highest BCUT2D eigenvalue weighted by Gasteiger charge is 2.12. The van der Waals surface area contributed by atoms with Gasteiger partial charge in [-0.1, -0.05) is 30.3 Å². The second-order valence-corrected chi connectivity index (χ2v) is 7.14. The topological polar surface area (TPSA) is 67.3 Å². The van der Waals surface area contributed by atoms with E-state index < -0.39 is 6.61 Å². The molecule has 0 fully saturated rings. The summed E-state index contributed by atoms with van der Waals surface area (Å²) in [5, 5.41) is 10.9. The van der Waals surface area contributed by atoms with E-state index in [4.69, 9.17) is 5.11 Å². The number of aromatic nitrogens is 1. The SMILES string of the molecule is O=C(Cc1ccc2sc(C(=O)CO)cc2c1)c1ccc2ccccc2n1. The fraction of sp³-hybridized carbons (Fsp3) is 0.0952. The molecule has 0 saturated heterocycles. The van der Waals surface area contributed by atoms with Gasteiger partial charge in [0.2, 0.25) is 0 Å². The fourth-order valence-corrected chi connectivity index (χ4v) is 3.89. The molecule has 5 heteroatoms. The maximum absolute atomic E-state index is 12.6. The molecule has 2 aromatic heterocycles. The predicted molar refractivity (Wildman–Crippen MR) is 103 cm³/mol. The Labute approximate surface area is 153 Å².